The molecule has 0 bridgehead atoms. The Balaban J connectivity index is 2.26. The maximum absolute atomic E-state index is 11.6. The summed E-state index contributed by atoms with van der Waals surface area (Å²) in [5.41, 5.74) is 8.25. The normalized spacial score (nSPS) is 10.3. The van der Waals surface area contributed by atoms with E-state index in [1.54, 1.807) is 31.5 Å². The molecule has 0 aliphatic carbocycles. The van der Waals surface area contributed by atoms with Gasteiger partial charge in [0.2, 0.25) is 0 Å². The van der Waals surface area contributed by atoms with Crippen LogP contribution in [0.5, 0.6) is 17.2 Å². The molecular formula is C17H20N2O4. The number of nitrogens with two attached hydrogens (primary N) is 1. The van der Waals surface area contributed by atoms with Crippen LogP contribution in [-0.4, -0.2) is 25.1 Å². The summed E-state index contributed by atoms with van der Waals surface area (Å²) < 4.78 is 16.2. The maximum Gasteiger partial charge on any atom is 0.252 e. The van der Waals surface area contributed by atoms with E-state index in [1.807, 2.05) is 13.8 Å². The maximum atomic E-state index is 11.6. The van der Waals surface area contributed by atoms with Crippen LogP contribution in [0.4, 0.5) is 0 Å². The summed E-state index contributed by atoms with van der Waals surface area (Å²) >= 11 is 0. The number of amides is 1. The Hall–Kier alpha value is -2.76. The molecule has 0 saturated carbocycles. The second-order valence-electron chi connectivity index (χ2n) is 5.06. The van der Waals surface area contributed by atoms with Crippen molar-refractivity contribution < 1.29 is 19.0 Å². The predicted molar refractivity (Wildman–Crippen MR) is 86.1 cm³/mol. The molecule has 0 aliphatic rings. The minimum Gasteiger partial charge on any atom is -0.497 e. The smallest absolute Gasteiger partial charge is 0.252 e. The first-order chi connectivity index (χ1) is 11.0. The monoisotopic (exact) mass is 316 g/mol. The molecule has 122 valence electrons. The molecule has 1 aromatic heterocycles. The molecule has 23 heavy (non-hydrogen) atoms. The first-order valence-corrected chi connectivity index (χ1v) is 7.07. The van der Waals surface area contributed by atoms with Crippen LogP contribution in [0.15, 0.2) is 24.4 Å². The predicted octanol–water partition coefficient (Wildman–Crippen LogP) is 2.39. The van der Waals surface area contributed by atoms with Crippen LogP contribution in [0.25, 0.3) is 0 Å². The Kier molecular flexibility index (Phi) is 5.05. The van der Waals surface area contributed by atoms with Gasteiger partial charge in [0, 0.05) is 17.3 Å². The number of benzene rings is 1. The number of aromatic nitrogens is 1. The van der Waals surface area contributed by atoms with E-state index in [-0.39, 0.29) is 12.2 Å². The number of hydrogen-bond donors (Lipinski definition) is 1. The molecule has 2 rings (SSSR count). The van der Waals surface area contributed by atoms with Gasteiger partial charge in [-0.3, -0.25) is 9.78 Å². The molecule has 0 unspecified atom stereocenters. The molecule has 0 atom stereocenters. The van der Waals surface area contributed by atoms with Gasteiger partial charge in [-0.05, 0) is 32.0 Å². The van der Waals surface area contributed by atoms with E-state index in [9.17, 15) is 4.79 Å². The highest BCUT2D eigenvalue weighted by Gasteiger charge is 2.14. The summed E-state index contributed by atoms with van der Waals surface area (Å²) in [7, 11) is 3.14. The van der Waals surface area contributed by atoms with Gasteiger partial charge < -0.3 is 19.9 Å². The van der Waals surface area contributed by atoms with Gasteiger partial charge >= 0.3 is 0 Å². The van der Waals surface area contributed by atoms with E-state index in [0.29, 0.717) is 11.5 Å². The zero-order valence-corrected chi connectivity index (χ0v) is 13.7. The van der Waals surface area contributed by atoms with Gasteiger partial charge in [-0.2, -0.15) is 0 Å². The summed E-state index contributed by atoms with van der Waals surface area (Å²) in [4.78, 5) is 15.9. The summed E-state index contributed by atoms with van der Waals surface area (Å²) in [5.74, 6) is 1.13. The summed E-state index contributed by atoms with van der Waals surface area (Å²) in [6.07, 6.45) is 1.73. The van der Waals surface area contributed by atoms with Crippen molar-refractivity contribution in [2.75, 3.05) is 14.2 Å². The van der Waals surface area contributed by atoms with Gasteiger partial charge in [-0.15, -0.1) is 0 Å². The van der Waals surface area contributed by atoms with Gasteiger partial charge in [-0.1, -0.05) is 0 Å². The van der Waals surface area contributed by atoms with Crippen LogP contribution >= 0.6 is 0 Å². The van der Waals surface area contributed by atoms with Gasteiger partial charge in [-0.25, -0.2) is 0 Å². The van der Waals surface area contributed by atoms with Crippen LogP contribution in [0.2, 0.25) is 0 Å². The van der Waals surface area contributed by atoms with Crippen LogP contribution in [0.1, 0.15) is 27.2 Å². The average molecular weight is 316 g/mol. The van der Waals surface area contributed by atoms with Crippen molar-refractivity contribution >= 4 is 5.91 Å². The lowest BCUT2D eigenvalue weighted by atomic mass is 10.1. The SMILES string of the molecule is COc1ccc(OCc2ncc(C)c(OC)c2C)c(C(N)=O)c1. The lowest BCUT2D eigenvalue weighted by molar-refractivity contribution is 0.0995. The second-order valence-corrected chi connectivity index (χ2v) is 5.06. The molecule has 1 aromatic carbocycles. The topological polar surface area (TPSA) is 83.7 Å². The third-order valence-corrected chi connectivity index (χ3v) is 3.57. The van der Waals surface area contributed by atoms with Crippen molar-refractivity contribution in [3.05, 3.63) is 46.8 Å². The molecule has 0 radical (unpaired) electrons. The van der Waals surface area contributed by atoms with E-state index < -0.39 is 5.91 Å². The molecule has 0 fully saturated rings. The molecule has 1 heterocycles. The third kappa shape index (κ3) is 3.53. The molecule has 0 spiro atoms. The Morgan fingerprint density at radius 1 is 1.22 bits per heavy atom. The number of nitrogens with zero attached hydrogens (tertiary/aromatic N) is 1. The first-order valence-electron chi connectivity index (χ1n) is 7.07. The van der Waals surface area contributed by atoms with E-state index in [0.717, 1.165) is 22.6 Å². The number of methoxy groups -OCH3 is 2. The van der Waals surface area contributed by atoms with Crippen molar-refractivity contribution in [1.29, 1.82) is 0 Å². The molecule has 2 aromatic rings. The molecule has 6 nitrogen and oxygen atoms in total. The summed E-state index contributed by atoms with van der Waals surface area (Å²) in [6.45, 7) is 4.05. The number of primary amides is 1. The van der Waals surface area contributed by atoms with Gasteiger partial charge in [0.25, 0.3) is 5.91 Å². The van der Waals surface area contributed by atoms with Crippen LogP contribution in [0.3, 0.4) is 0 Å². The van der Waals surface area contributed by atoms with Crippen LogP contribution < -0.4 is 19.9 Å². The minimum absolute atomic E-state index is 0.203. The van der Waals surface area contributed by atoms with E-state index in [2.05, 4.69) is 4.98 Å². The lowest BCUT2D eigenvalue weighted by Crippen LogP contribution is -2.13. The van der Waals surface area contributed by atoms with Crippen LogP contribution in [0, 0.1) is 13.8 Å². The van der Waals surface area contributed by atoms with Crippen LogP contribution in [-0.2, 0) is 6.61 Å². The Morgan fingerprint density at radius 2 is 1.96 bits per heavy atom. The Bertz CT molecular complexity index is 729. The number of pyridine rings is 1. The Morgan fingerprint density at radius 3 is 2.57 bits per heavy atom. The first kappa shape index (κ1) is 16.6. The van der Waals surface area contributed by atoms with Crippen molar-refractivity contribution in [2.24, 2.45) is 5.73 Å². The number of ether oxygens (including phenoxy) is 3. The quantitative estimate of drug-likeness (QED) is 0.884. The van der Waals surface area contributed by atoms with Crippen molar-refractivity contribution in [3.63, 3.8) is 0 Å². The van der Waals surface area contributed by atoms with Crippen molar-refractivity contribution in [2.45, 2.75) is 20.5 Å². The number of carbonyl (C=O) groups is 1. The zero-order chi connectivity index (χ0) is 17.0. The largest absolute Gasteiger partial charge is 0.497 e. The van der Waals surface area contributed by atoms with E-state index in [4.69, 9.17) is 19.9 Å². The summed E-state index contributed by atoms with van der Waals surface area (Å²) in [6, 6.07) is 4.91. The van der Waals surface area contributed by atoms with E-state index >= 15 is 0 Å². The highest BCUT2D eigenvalue weighted by molar-refractivity contribution is 5.96. The zero-order valence-electron chi connectivity index (χ0n) is 13.7. The summed E-state index contributed by atoms with van der Waals surface area (Å²) in [5, 5.41) is 0. The Labute approximate surface area is 135 Å². The minimum atomic E-state index is -0.579. The fraction of sp³-hybridized carbons (Fsp3) is 0.294. The fourth-order valence-corrected chi connectivity index (χ4v) is 2.32. The van der Waals surface area contributed by atoms with Gasteiger partial charge in [0.05, 0.1) is 25.5 Å². The van der Waals surface area contributed by atoms with E-state index in [1.165, 1.54) is 7.11 Å². The number of hydrogen-bond acceptors (Lipinski definition) is 5. The second kappa shape index (κ2) is 7.00. The molecule has 6 heteroatoms. The molecule has 2 N–H and O–H groups in total. The lowest BCUT2D eigenvalue weighted by Gasteiger charge is -2.14. The number of carbonyl (C=O) groups excluding carboxylic acids is 1. The fourth-order valence-electron chi connectivity index (χ4n) is 2.32. The number of rotatable bonds is 6. The molecule has 0 saturated heterocycles. The average Bonchev–Trinajstić information content (AvgIpc) is 2.54. The van der Waals surface area contributed by atoms with Crippen molar-refractivity contribution in [1.82, 2.24) is 4.98 Å². The van der Waals surface area contributed by atoms with Gasteiger partial charge in [0.15, 0.2) is 0 Å². The molecular weight excluding hydrogens is 296 g/mol. The van der Waals surface area contributed by atoms with Gasteiger partial charge in [0.1, 0.15) is 23.9 Å². The number of aryl methyl sites for hydroxylation is 1. The third-order valence-electron chi connectivity index (χ3n) is 3.57. The highest BCUT2D eigenvalue weighted by Crippen LogP contribution is 2.27. The molecule has 0 aliphatic heterocycles. The highest BCUT2D eigenvalue weighted by atomic mass is 16.5. The van der Waals surface area contributed by atoms with Crippen molar-refractivity contribution in [3.8, 4) is 17.2 Å². The standard InChI is InChI=1S/C17H20N2O4/c1-10-8-19-14(11(2)16(10)22-4)9-23-15-6-5-12(21-3)7-13(15)17(18)20/h5-8H,9H2,1-4H3,(H2,18,20). The molecule has 1 amide bonds.